The van der Waals surface area contributed by atoms with E-state index in [9.17, 15) is 4.79 Å². The smallest absolute Gasteiger partial charge is 0.251 e. The quantitative estimate of drug-likeness (QED) is 0.257. The molecule has 0 saturated heterocycles. The number of methoxy groups -OCH3 is 1. The van der Waals surface area contributed by atoms with Crippen LogP contribution in [0.1, 0.15) is 22.7 Å². The second kappa shape index (κ2) is 15.2. The second-order valence-electron chi connectivity index (χ2n) is 9.75. The number of amidine groups is 1. The van der Waals surface area contributed by atoms with Crippen molar-refractivity contribution < 1.29 is 9.53 Å². The molecular formula is C31H32Cl4N4O2S. The van der Waals surface area contributed by atoms with E-state index in [0.29, 0.717) is 28.6 Å². The third kappa shape index (κ3) is 7.46. The van der Waals surface area contributed by atoms with E-state index in [1.807, 2.05) is 85.9 Å². The van der Waals surface area contributed by atoms with E-state index in [1.165, 1.54) is 11.8 Å². The second-order valence-corrected chi connectivity index (χ2v) is 11.6. The maximum absolute atomic E-state index is 14.0. The Kier molecular flexibility index (Phi) is 12.2. The van der Waals surface area contributed by atoms with E-state index in [4.69, 9.17) is 32.9 Å². The first-order valence-corrected chi connectivity index (χ1v) is 14.5. The standard InChI is InChI=1S/C31H30Cl2N4O2S.2ClH/c1-36(2)17-16-34-30(38)28-25(18-20-8-5-4-6-9-20)35-31-37(29(28)21-12-14-22(39-3)15-13-21)19-26(40-31)27-23(32)10-7-11-24(27)33;;/h4-15,19,29H,16-18H2,1-3H3,(H,34,38);2*1H/t29-;;/m0../s1. The number of carbonyl (C=O) groups excluding carboxylic acids is 1. The topological polar surface area (TPSA) is 57.2 Å². The van der Waals surface area contributed by atoms with Crippen LogP contribution >= 0.6 is 59.8 Å². The van der Waals surface area contributed by atoms with Gasteiger partial charge in [0, 0.05) is 36.2 Å². The average molecular weight is 667 g/mol. The first-order valence-electron chi connectivity index (χ1n) is 12.9. The Morgan fingerprint density at radius 1 is 1.00 bits per heavy atom. The van der Waals surface area contributed by atoms with Crippen molar-refractivity contribution in [1.29, 1.82) is 0 Å². The number of hydrogen-bond acceptors (Lipinski definition) is 6. The maximum Gasteiger partial charge on any atom is 0.251 e. The lowest BCUT2D eigenvalue weighted by molar-refractivity contribution is -0.118. The van der Waals surface area contributed by atoms with E-state index in [0.717, 1.165) is 44.8 Å². The molecule has 3 aromatic carbocycles. The van der Waals surface area contributed by atoms with Crippen LogP contribution in [0.5, 0.6) is 5.75 Å². The molecule has 0 spiro atoms. The normalized spacial score (nSPS) is 15.8. The molecule has 42 heavy (non-hydrogen) atoms. The predicted octanol–water partition coefficient (Wildman–Crippen LogP) is 7.48. The summed E-state index contributed by atoms with van der Waals surface area (Å²) in [6.45, 7) is 1.24. The van der Waals surface area contributed by atoms with Crippen LogP contribution in [-0.2, 0) is 11.2 Å². The fourth-order valence-corrected chi connectivity index (χ4v) is 6.54. The van der Waals surface area contributed by atoms with Crippen LogP contribution in [0.3, 0.4) is 0 Å². The number of hydrogen-bond donors (Lipinski definition) is 1. The summed E-state index contributed by atoms with van der Waals surface area (Å²) in [5, 5.41) is 5.02. The van der Waals surface area contributed by atoms with Crippen LogP contribution in [-0.4, -0.2) is 55.2 Å². The minimum Gasteiger partial charge on any atom is -0.497 e. The van der Waals surface area contributed by atoms with E-state index in [-0.39, 0.29) is 30.7 Å². The number of fused-ring (bicyclic) bond motifs is 1. The minimum atomic E-state index is -0.414. The van der Waals surface area contributed by atoms with E-state index < -0.39 is 6.04 Å². The summed E-state index contributed by atoms with van der Waals surface area (Å²) >= 11 is 14.7. The Morgan fingerprint density at radius 3 is 2.29 bits per heavy atom. The number of nitrogens with one attached hydrogen (secondary N) is 1. The Balaban J connectivity index is 0.00000242. The van der Waals surface area contributed by atoms with Crippen molar-refractivity contribution in [2.75, 3.05) is 34.3 Å². The van der Waals surface area contributed by atoms with Gasteiger partial charge in [0.15, 0.2) is 5.17 Å². The molecule has 0 aromatic heterocycles. The summed E-state index contributed by atoms with van der Waals surface area (Å²) < 4.78 is 5.42. The van der Waals surface area contributed by atoms with Gasteiger partial charge in [0.1, 0.15) is 5.75 Å². The molecule has 0 radical (unpaired) electrons. The lowest BCUT2D eigenvalue weighted by atomic mass is 9.91. The molecular weight excluding hydrogens is 634 g/mol. The van der Waals surface area contributed by atoms with Gasteiger partial charge in [-0.05, 0) is 61.2 Å². The van der Waals surface area contributed by atoms with Crippen LogP contribution in [0, 0.1) is 0 Å². The lowest BCUT2D eigenvalue weighted by Gasteiger charge is -2.34. The van der Waals surface area contributed by atoms with Crippen LogP contribution < -0.4 is 10.1 Å². The largest absolute Gasteiger partial charge is 0.497 e. The molecule has 0 saturated carbocycles. The molecule has 3 aromatic rings. The molecule has 1 N–H and O–H groups in total. The molecule has 2 aliphatic heterocycles. The highest BCUT2D eigenvalue weighted by Crippen LogP contribution is 2.49. The molecule has 1 atom stereocenters. The van der Waals surface area contributed by atoms with E-state index in [1.54, 1.807) is 7.11 Å². The van der Waals surface area contributed by atoms with Crippen molar-refractivity contribution in [3.8, 4) is 5.75 Å². The summed E-state index contributed by atoms with van der Waals surface area (Å²) in [6, 6.07) is 23.0. The Labute approximate surface area is 273 Å². The zero-order valence-corrected chi connectivity index (χ0v) is 27.3. The molecule has 0 bridgehead atoms. The minimum absolute atomic E-state index is 0. The molecule has 11 heteroatoms. The number of halogens is 4. The van der Waals surface area contributed by atoms with Gasteiger partial charge in [-0.1, -0.05) is 71.7 Å². The number of allylic oxidation sites excluding steroid dienone is 1. The van der Waals surface area contributed by atoms with Gasteiger partial charge in [0.05, 0.1) is 34.5 Å². The van der Waals surface area contributed by atoms with Crippen molar-refractivity contribution in [2.45, 2.75) is 12.5 Å². The fourth-order valence-electron chi connectivity index (χ4n) is 4.73. The zero-order valence-electron chi connectivity index (χ0n) is 23.3. The number of aliphatic imine (C=N–C) groups is 1. The fraction of sp³-hybridized carbons (Fsp3) is 0.226. The van der Waals surface area contributed by atoms with Crippen molar-refractivity contribution >= 4 is 75.8 Å². The first kappa shape index (κ1) is 33.8. The van der Waals surface area contributed by atoms with Gasteiger partial charge in [0.2, 0.25) is 0 Å². The van der Waals surface area contributed by atoms with Crippen LogP contribution in [0.15, 0.2) is 95.3 Å². The van der Waals surface area contributed by atoms with Crippen LogP contribution in [0.4, 0.5) is 0 Å². The van der Waals surface area contributed by atoms with Crippen molar-refractivity contribution in [3.63, 3.8) is 0 Å². The number of amides is 1. The SMILES string of the molecule is COc1ccc([C@H]2C(C(=O)NCCN(C)C)=C(Cc3ccccc3)N=C3SC(c4c(Cl)cccc4Cl)=CN32)cc1.Cl.Cl. The molecule has 0 fully saturated rings. The first-order chi connectivity index (χ1) is 19.4. The van der Waals surface area contributed by atoms with Crippen LogP contribution in [0.2, 0.25) is 10.0 Å². The Morgan fingerprint density at radius 2 is 1.67 bits per heavy atom. The van der Waals surface area contributed by atoms with E-state index in [2.05, 4.69) is 22.3 Å². The monoisotopic (exact) mass is 664 g/mol. The highest BCUT2D eigenvalue weighted by atomic mass is 35.5. The highest BCUT2D eigenvalue weighted by Gasteiger charge is 2.40. The number of rotatable bonds is 9. The molecule has 0 aliphatic carbocycles. The van der Waals surface area contributed by atoms with Gasteiger partial charge in [-0.3, -0.25) is 4.79 Å². The van der Waals surface area contributed by atoms with Gasteiger partial charge < -0.3 is 19.9 Å². The molecule has 2 aliphatic rings. The Bertz CT molecular complexity index is 1470. The Hall–Kier alpha value is -2.65. The number of nitrogens with zero attached hydrogens (tertiary/aromatic N) is 3. The summed E-state index contributed by atoms with van der Waals surface area (Å²) in [7, 11) is 5.61. The molecule has 0 unspecified atom stereocenters. The summed E-state index contributed by atoms with van der Waals surface area (Å²) in [6.07, 6.45) is 2.52. The number of ether oxygens (including phenoxy) is 1. The highest BCUT2D eigenvalue weighted by molar-refractivity contribution is 8.22. The molecule has 6 nitrogen and oxygen atoms in total. The van der Waals surface area contributed by atoms with Gasteiger partial charge in [0.25, 0.3) is 5.91 Å². The molecule has 222 valence electrons. The molecule has 2 heterocycles. The maximum atomic E-state index is 14.0. The van der Waals surface area contributed by atoms with Gasteiger partial charge >= 0.3 is 0 Å². The number of carbonyl (C=O) groups is 1. The molecule has 1 amide bonds. The van der Waals surface area contributed by atoms with Crippen LogP contribution in [0.25, 0.3) is 4.91 Å². The van der Waals surface area contributed by atoms with Gasteiger partial charge in [-0.2, -0.15) is 0 Å². The van der Waals surface area contributed by atoms with Gasteiger partial charge in [-0.25, -0.2) is 4.99 Å². The summed E-state index contributed by atoms with van der Waals surface area (Å²) in [4.78, 5) is 24.0. The number of likely N-dealkylation sites (N-methyl/N-ethyl adjacent to an activating group) is 1. The summed E-state index contributed by atoms with van der Waals surface area (Å²) in [5.41, 5.74) is 4.11. The number of benzene rings is 3. The van der Waals surface area contributed by atoms with Crippen molar-refractivity contribution in [1.82, 2.24) is 15.1 Å². The van der Waals surface area contributed by atoms with E-state index >= 15 is 0 Å². The third-order valence-corrected chi connectivity index (χ3v) is 8.36. The third-order valence-electron chi connectivity index (χ3n) is 6.72. The van der Waals surface area contributed by atoms with Gasteiger partial charge in [-0.15, -0.1) is 24.8 Å². The molecule has 5 rings (SSSR count). The summed E-state index contributed by atoms with van der Waals surface area (Å²) in [5.74, 6) is 0.604. The van der Waals surface area contributed by atoms with Crippen molar-refractivity contribution in [2.24, 2.45) is 4.99 Å². The predicted molar refractivity (Wildman–Crippen MR) is 180 cm³/mol. The average Bonchev–Trinajstić information content (AvgIpc) is 3.35. The number of thioether (sulfide) groups is 1. The lowest BCUT2D eigenvalue weighted by Crippen LogP contribution is -2.40. The zero-order chi connectivity index (χ0) is 28.2. The van der Waals surface area contributed by atoms with Crippen molar-refractivity contribution in [3.05, 3.63) is 117 Å².